The second-order valence-corrected chi connectivity index (χ2v) is 12.1. The first-order valence-electron chi connectivity index (χ1n) is 13.6. The molecule has 0 saturated heterocycles. The lowest BCUT2D eigenvalue weighted by Gasteiger charge is -2.26. The Kier molecular flexibility index (Phi) is 10.6. The van der Waals surface area contributed by atoms with Gasteiger partial charge in [0.1, 0.15) is 11.4 Å². The smallest absolute Gasteiger partial charge is 0.265 e. The Labute approximate surface area is 292 Å². The number of imide groups is 2. The Balaban J connectivity index is 0.00000264. The van der Waals surface area contributed by atoms with Crippen LogP contribution in [0.2, 0.25) is 0 Å². The lowest BCUT2D eigenvalue weighted by atomic mass is 10.0. The van der Waals surface area contributed by atoms with E-state index in [1.807, 2.05) is 66.6 Å². The number of amides is 4. The van der Waals surface area contributed by atoms with Gasteiger partial charge in [-0.25, -0.2) is 9.80 Å². The van der Waals surface area contributed by atoms with Crippen molar-refractivity contribution in [3.05, 3.63) is 119 Å². The van der Waals surface area contributed by atoms with Crippen LogP contribution >= 0.6 is 0 Å². The molecule has 8 nitrogen and oxygen atoms in total. The van der Waals surface area contributed by atoms with Gasteiger partial charge in [-0.2, -0.15) is 0 Å². The van der Waals surface area contributed by atoms with E-state index in [1.54, 1.807) is 24.3 Å². The Morgan fingerprint density at radius 3 is 0.750 bits per heavy atom. The summed E-state index contributed by atoms with van der Waals surface area (Å²) in [5.41, 5.74) is 3.76. The number of carbonyl (C=O) groups excluding carboxylic acids is 4. The van der Waals surface area contributed by atoms with E-state index in [2.05, 4.69) is 0 Å². The molecule has 228 valence electrons. The lowest BCUT2D eigenvalue weighted by Crippen LogP contribution is -3.00. The van der Waals surface area contributed by atoms with Crippen LogP contribution in [0.3, 0.4) is 0 Å². The van der Waals surface area contributed by atoms with E-state index in [9.17, 15) is 19.2 Å². The molecule has 4 aromatic carbocycles. The molecule has 0 fully saturated rings. The number of anilines is 2. The largest absolute Gasteiger partial charge is 1.00 e. The highest BCUT2D eigenvalue weighted by atomic mass is 127. The topological polar surface area (TPSA) is 74.8 Å². The Bertz CT molecular complexity index is 1490. The third kappa shape index (κ3) is 6.93. The van der Waals surface area contributed by atoms with Crippen LogP contribution in [0.4, 0.5) is 22.7 Å². The average Bonchev–Trinajstić information content (AvgIpc) is 2.96. The number of hydrogen-bond acceptors (Lipinski definition) is 4. The SMILES string of the molecule is C[N+](C)(C)c1ccc(N2C(=O)c3ccc(cc3)C(=O)N(c3ccc([N+](C)(C)C)cc3)C(=O)c3ccc(cc3)C2=O)cc1.[I-].[I-]. The number of benzene rings is 4. The zero-order valence-electron chi connectivity index (χ0n) is 25.4. The molecule has 0 spiro atoms. The molecule has 8 rings (SSSR count). The molecular weight excluding hydrogens is 782 g/mol. The van der Waals surface area contributed by atoms with Crippen LogP contribution in [-0.2, 0) is 0 Å². The number of halogens is 2. The normalized spacial score (nSPS) is 13.9. The second kappa shape index (κ2) is 13.3. The summed E-state index contributed by atoms with van der Waals surface area (Å²) >= 11 is 0. The van der Waals surface area contributed by atoms with E-state index in [-0.39, 0.29) is 70.2 Å². The molecule has 4 aromatic rings. The third-order valence-electron chi connectivity index (χ3n) is 7.33. The van der Waals surface area contributed by atoms with Crippen LogP contribution in [0.1, 0.15) is 41.4 Å². The molecule has 0 atom stereocenters. The first kappa shape index (κ1) is 35.0. The minimum absolute atomic E-state index is 0. The number of rotatable bonds is 4. The van der Waals surface area contributed by atoms with Gasteiger partial charge in [-0.3, -0.25) is 28.1 Å². The highest BCUT2D eigenvalue weighted by Crippen LogP contribution is 2.28. The van der Waals surface area contributed by atoms with Crippen LogP contribution < -0.4 is 66.7 Å². The monoisotopic (exact) mass is 816 g/mol. The van der Waals surface area contributed by atoms with Crippen LogP contribution in [0.5, 0.6) is 0 Å². The molecular formula is C34H34I2N4O4. The van der Waals surface area contributed by atoms with E-state index >= 15 is 0 Å². The van der Waals surface area contributed by atoms with Crippen molar-refractivity contribution >= 4 is 46.4 Å². The molecule has 4 aliphatic heterocycles. The quantitative estimate of drug-likeness (QED) is 0.157. The van der Waals surface area contributed by atoms with Gasteiger partial charge in [-0.15, -0.1) is 0 Å². The van der Waals surface area contributed by atoms with Gasteiger partial charge in [0.05, 0.1) is 53.7 Å². The number of quaternary nitrogens is 2. The number of nitrogens with zero attached hydrogens (tertiary/aromatic N) is 4. The first-order chi connectivity index (χ1) is 19.8. The lowest BCUT2D eigenvalue weighted by molar-refractivity contribution is -0.001000. The summed E-state index contributed by atoms with van der Waals surface area (Å²) in [5.74, 6) is -2.10. The maximum atomic E-state index is 13.8. The van der Waals surface area contributed by atoms with E-state index in [1.165, 1.54) is 48.5 Å². The summed E-state index contributed by atoms with van der Waals surface area (Å²) in [6.45, 7) is 0. The standard InChI is InChI=1S/C34H34N4O4.2HI/c1-37(2,3)29-19-15-27(16-20-29)35-31(39)23-7-11-25(12-8-23)33(41)36(28-17-21-30(22-18-28)38(4,5)6)34(42)26-13-9-24(10-14-26)32(35)40;;/h7-22H,1-6H3;2*1H/q+2;;/p-2. The minimum atomic E-state index is -0.526. The summed E-state index contributed by atoms with van der Waals surface area (Å²) in [6.07, 6.45) is 0. The summed E-state index contributed by atoms with van der Waals surface area (Å²) in [6, 6.07) is 26.6. The Morgan fingerprint density at radius 2 is 0.568 bits per heavy atom. The van der Waals surface area contributed by atoms with Gasteiger partial charge in [-0.1, -0.05) is 0 Å². The van der Waals surface area contributed by atoms with Gasteiger partial charge < -0.3 is 48.0 Å². The molecule has 0 unspecified atom stereocenters. The summed E-state index contributed by atoms with van der Waals surface area (Å²) in [4.78, 5) is 57.5. The highest BCUT2D eigenvalue weighted by molar-refractivity contribution is 6.28. The van der Waals surface area contributed by atoms with Gasteiger partial charge >= 0.3 is 0 Å². The predicted octanol–water partition coefficient (Wildman–Crippen LogP) is -0.624. The van der Waals surface area contributed by atoms with Crippen molar-refractivity contribution in [3.63, 3.8) is 0 Å². The molecule has 0 aromatic heterocycles. The molecule has 4 bridgehead atoms. The molecule has 4 amide bonds. The first-order valence-corrected chi connectivity index (χ1v) is 13.6. The molecule has 44 heavy (non-hydrogen) atoms. The van der Waals surface area contributed by atoms with E-state index in [4.69, 9.17) is 0 Å². The van der Waals surface area contributed by atoms with Gasteiger partial charge in [0, 0.05) is 46.5 Å². The van der Waals surface area contributed by atoms with Crippen molar-refractivity contribution in [1.82, 2.24) is 8.97 Å². The van der Waals surface area contributed by atoms with E-state index in [0.717, 1.165) is 21.2 Å². The van der Waals surface area contributed by atoms with Crippen LogP contribution in [0, 0.1) is 0 Å². The molecule has 4 heterocycles. The van der Waals surface area contributed by atoms with Gasteiger partial charge in [0.15, 0.2) is 0 Å². The molecule has 0 N–H and O–H groups in total. The van der Waals surface area contributed by atoms with E-state index in [0.29, 0.717) is 20.3 Å². The molecule has 0 radical (unpaired) electrons. The maximum absolute atomic E-state index is 13.8. The van der Waals surface area contributed by atoms with Crippen molar-refractivity contribution in [2.75, 3.05) is 52.1 Å². The van der Waals surface area contributed by atoms with Crippen molar-refractivity contribution in [1.29, 1.82) is 0 Å². The van der Waals surface area contributed by atoms with Crippen molar-refractivity contribution in [2.45, 2.75) is 0 Å². The predicted molar refractivity (Wildman–Crippen MR) is 167 cm³/mol. The maximum Gasteiger partial charge on any atom is 0.265 e. The second-order valence-electron chi connectivity index (χ2n) is 12.1. The van der Waals surface area contributed by atoms with E-state index < -0.39 is 23.6 Å². The number of hydrogen-bond donors (Lipinski definition) is 0. The van der Waals surface area contributed by atoms with Gasteiger partial charge in [0.2, 0.25) is 0 Å². The van der Waals surface area contributed by atoms with Crippen LogP contribution in [0.15, 0.2) is 97.1 Å². The zero-order valence-corrected chi connectivity index (χ0v) is 29.7. The average molecular weight is 816 g/mol. The van der Waals surface area contributed by atoms with Gasteiger partial charge in [0.25, 0.3) is 23.6 Å². The summed E-state index contributed by atoms with van der Waals surface area (Å²) < 4.78 is 1.15. The van der Waals surface area contributed by atoms with Crippen molar-refractivity contribution in [2.24, 2.45) is 0 Å². The fraction of sp³-hybridized carbons (Fsp3) is 0.176. The molecule has 10 heteroatoms. The summed E-state index contributed by atoms with van der Waals surface area (Å²) in [7, 11) is 12.2. The van der Waals surface area contributed by atoms with Crippen molar-refractivity contribution in [3.8, 4) is 0 Å². The molecule has 0 aliphatic carbocycles. The van der Waals surface area contributed by atoms with Crippen LogP contribution in [0.25, 0.3) is 0 Å². The highest BCUT2D eigenvalue weighted by Gasteiger charge is 2.31. The Morgan fingerprint density at radius 1 is 0.364 bits per heavy atom. The van der Waals surface area contributed by atoms with Gasteiger partial charge in [-0.05, 0) is 72.8 Å². The fourth-order valence-electron chi connectivity index (χ4n) is 4.78. The third-order valence-corrected chi connectivity index (χ3v) is 7.33. The Hall–Kier alpha value is -3.46. The molecule has 0 saturated carbocycles. The van der Waals surface area contributed by atoms with Crippen molar-refractivity contribution < 1.29 is 67.1 Å². The fourth-order valence-corrected chi connectivity index (χ4v) is 4.78. The molecule has 4 aliphatic rings. The summed E-state index contributed by atoms with van der Waals surface area (Å²) in [5, 5.41) is 0. The number of carbonyl (C=O) groups is 4. The van der Waals surface area contributed by atoms with Crippen LogP contribution in [-0.4, -0.2) is 65.9 Å². The minimum Gasteiger partial charge on any atom is -1.00 e. The zero-order chi connectivity index (χ0) is 30.4.